The summed E-state index contributed by atoms with van der Waals surface area (Å²) in [6, 6.07) is 0. The topological polar surface area (TPSA) is 137 Å². The Kier molecular flexibility index (Phi) is 9.90. The molecule has 6 nitrogen and oxygen atoms in total. The number of phosphoric acid groups is 1. The summed E-state index contributed by atoms with van der Waals surface area (Å²) in [5.41, 5.74) is 0. The summed E-state index contributed by atoms with van der Waals surface area (Å²) in [4.78, 5) is 15.8. The normalized spacial score (nSPS) is 12.3. The molecule has 1 unspecified atom stereocenters. The van der Waals surface area contributed by atoms with Gasteiger partial charge in [-0.25, -0.2) is 13.5 Å². The zero-order chi connectivity index (χ0) is 7.49. The van der Waals surface area contributed by atoms with E-state index in [1.54, 1.807) is 0 Å². The van der Waals surface area contributed by atoms with Crippen LogP contribution in [-0.4, -0.2) is 16.1 Å². The molecular weight excluding hydrogens is 178 g/mol. The minimum Gasteiger partial charge on any atom is -0.344 e. The summed E-state index contributed by atoms with van der Waals surface area (Å²) in [6.45, 7) is 2.90. The van der Waals surface area contributed by atoms with Gasteiger partial charge in [-0.3, -0.25) is 0 Å². The minimum absolute atomic E-state index is 0. The molecule has 0 aliphatic carbocycles. The van der Waals surface area contributed by atoms with Gasteiger partial charge in [0.15, 0.2) is 0 Å². The molecule has 0 heterocycles. The van der Waals surface area contributed by atoms with E-state index in [9.17, 15) is 8.96 Å². The third kappa shape index (κ3) is 12.8. The molecule has 0 aliphatic heterocycles. The molecule has 70 valence electrons. The quantitative estimate of drug-likeness (QED) is 0.385. The molecule has 0 aliphatic rings. The molecule has 0 amide bonds. The molecule has 11 heavy (non-hydrogen) atoms. The Morgan fingerprint density at radius 1 is 1.55 bits per heavy atom. The molecule has 0 radical (unpaired) electrons. The van der Waals surface area contributed by atoms with Crippen molar-refractivity contribution in [2.45, 2.75) is 6.36 Å². The molecule has 0 fully saturated rings. The lowest BCUT2D eigenvalue weighted by atomic mass is 10.7. The first-order valence-electron chi connectivity index (χ1n) is 1.96. The third-order valence-electron chi connectivity index (χ3n) is 0.423. The highest BCUT2D eigenvalue weighted by atomic mass is 31.2. The highest BCUT2D eigenvalue weighted by Gasteiger charge is 2.18. The lowest BCUT2D eigenvalue weighted by Crippen LogP contribution is -1.98. The van der Waals surface area contributed by atoms with Crippen molar-refractivity contribution in [2.24, 2.45) is 0 Å². The highest BCUT2D eigenvalue weighted by molar-refractivity contribution is 7.46. The molecule has 0 aromatic rings. The molecule has 0 rings (SSSR count). The summed E-state index contributed by atoms with van der Waals surface area (Å²) in [6.07, 6.45) is -1.47. The van der Waals surface area contributed by atoms with Crippen LogP contribution in [0.5, 0.6) is 0 Å². The van der Waals surface area contributed by atoms with Crippen LogP contribution >= 0.6 is 7.82 Å². The van der Waals surface area contributed by atoms with Gasteiger partial charge in [-0.2, -0.15) is 0 Å². The van der Waals surface area contributed by atoms with Gasteiger partial charge < -0.3 is 22.1 Å². The van der Waals surface area contributed by atoms with E-state index in [0.29, 0.717) is 6.08 Å². The maximum atomic E-state index is 11.8. The van der Waals surface area contributed by atoms with E-state index in [1.165, 1.54) is 0 Å². The van der Waals surface area contributed by atoms with E-state index in [0.717, 1.165) is 0 Å². The first-order valence-corrected chi connectivity index (χ1v) is 3.49. The molecule has 0 saturated carbocycles. The molecule has 8 N–H and O–H groups in total. The molecule has 0 bridgehead atoms. The fourth-order valence-corrected chi connectivity index (χ4v) is 0.523. The van der Waals surface area contributed by atoms with Crippen LogP contribution in [0, 0.1) is 0 Å². The summed E-state index contributed by atoms with van der Waals surface area (Å²) in [5, 5.41) is 0. The van der Waals surface area contributed by atoms with Crippen molar-refractivity contribution in [1.29, 1.82) is 0 Å². The number of phosphoric ester groups is 1. The van der Waals surface area contributed by atoms with Crippen LogP contribution in [0.1, 0.15) is 0 Å². The highest BCUT2D eigenvalue weighted by Crippen LogP contribution is 2.37. The van der Waals surface area contributed by atoms with Gasteiger partial charge in [0.2, 0.25) is 6.36 Å². The van der Waals surface area contributed by atoms with Crippen LogP contribution in [0.3, 0.4) is 0 Å². The summed E-state index contributed by atoms with van der Waals surface area (Å²) in [7, 11) is -4.68. The van der Waals surface area contributed by atoms with E-state index in [4.69, 9.17) is 9.79 Å². The standard InChI is InChI=1S/C3H6FO4P.2H3N/c1-2-3(4)8-9(5,6)7;;/h2-3H,1H2,(H2,5,6,7);2*1H3. The summed E-state index contributed by atoms with van der Waals surface area (Å²) < 4.78 is 25.0. The fourth-order valence-electron chi connectivity index (χ4n) is 0.174. The zero-order valence-electron chi connectivity index (χ0n) is 5.81. The zero-order valence-corrected chi connectivity index (χ0v) is 6.71. The average molecular weight is 190 g/mol. The lowest BCUT2D eigenvalue weighted by Gasteiger charge is -2.04. The number of hydrogen-bond donors (Lipinski definition) is 4. The van der Waals surface area contributed by atoms with Gasteiger partial charge in [0.05, 0.1) is 0 Å². The van der Waals surface area contributed by atoms with Crippen LogP contribution in [0.2, 0.25) is 0 Å². The maximum Gasteiger partial charge on any atom is 0.472 e. The predicted octanol–water partition coefficient (Wildman–Crippen LogP) is 0.901. The Hall–Kier alpha value is -0.300. The van der Waals surface area contributed by atoms with Crippen LogP contribution in [-0.2, 0) is 9.09 Å². The predicted molar refractivity (Wildman–Crippen MR) is 38.3 cm³/mol. The maximum absolute atomic E-state index is 11.8. The monoisotopic (exact) mass is 190 g/mol. The largest absolute Gasteiger partial charge is 0.472 e. The van der Waals surface area contributed by atoms with Crippen molar-refractivity contribution in [3.63, 3.8) is 0 Å². The van der Waals surface area contributed by atoms with E-state index in [2.05, 4.69) is 11.1 Å². The number of rotatable bonds is 3. The van der Waals surface area contributed by atoms with E-state index in [-0.39, 0.29) is 12.3 Å². The Balaban J connectivity index is -0.000000320. The number of alkyl halides is 1. The second kappa shape index (κ2) is 6.41. The number of hydrogen-bond acceptors (Lipinski definition) is 4. The van der Waals surface area contributed by atoms with Gasteiger partial charge in [-0.1, -0.05) is 6.58 Å². The number of halogens is 1. The second-order valence-electron chi connectivity index (χ2n) is 1.18. The lowest BCUT2D eigenvalue weighted by molar-refractivity contribution is 0.0731. The summed E-state index contributed by atoms with van der Waals surface area (Å²) in [5.74, 6) is 0. The van der Waals surface area contributed by atoms with Crippen LogP contribution in [0.15, 0.2) is 12.7 Å². The smallest absolute Gasteiger partial charge is 0.344 e. The SMILES string of the molecule is C=CC(F)OP(=O)(O)O.N.N. The van der Waals surface area contributed by atoms with E-state index in [1.807, 2.05) is 0 Å². The average Bonchev–Trinajstić information content (AvgIpc) is 1.62. The molecule has 0 saturated heterocycles. The first kappa shape index (κ1) is 17.0. The van der Waals surface area contributed by atoms with Gasteiger partial charge in [0.25, 0.3) is 0 Å². The molecular formula is C3H12FN2O4P. The molecule has 1 atom stereocenters. The Morgan fingerprint density at radius 3 is 2.00 bits per heavy atom. The Bertz CT molecular complexity index is 148. The van der Waals surface area contributed by atoms with Crippen molar-refractivity contribution in [1.82, 2.24) is 12.3 Å². The van der Waals surface area contributed by atoms with Gasteiger partial charge in [0, 0.05) is 0 Å². The molecule has 8 heteroatoms. The van der Waals surface area contributed by atoms with Crippen molar-refractivity contribution in [2.75, 3.05) is 0 Å². The van der Waals surface area contributed by atoms with Crippen molar-refractivity contribution < 1.29 is 23.3 Å². The van der Waals surface area contributed by atoms with Gasteiger partial charge in [0.1, 0.15) is 0 Å². The third-order valence-corrected chi connectivity index (χ3v) is 0.899. The molecule has 0 spiro atoms. The van der Waals surface area contributed by atoms with Gasteiger partial charge >= 0.3 is 7.82 Å². The second-order valence-corrected chi connectivity index (χ2v) is 2.37. The molecule has 0 aromatic carbocycles. The van der Waals surface area contributed by atoms with Crippen molar-refractivity contribution >= 4 is 7.82 Å². The summed E-state index contributed by atoms with van der Waals surface area (Å²) >= 11 is 0. The van der Waals surface area contributed by atoms with E-state index < -0.39 is 14.2 Å². The Labute approximate surface area is 63.5 Å². The minimum atomic E-state index is -4.68. The fraction of sp³-hybridized carbons (Fsp3) is 0.333. The van der Waals surface area contributed by atoms with Gasteiger partial charge in [-0.05, 0) is 6.08 Å². The van der Waals surface area contributed by atoms with Crippen LogP contribution in [0.25, 0.3) is 0 Å². The van der Waals surface area contributed by atoms with Crippen LogP contribution < -0.4 is 12.3 Å². The van der Waals surface area contributed by atoms with Crippen molar-refractivity contribution in [3.8, 4) is 0 Å². The molecule has 0 aromatic heterocycles. The Morgan fingerprint density at radius 2 is 1.91 bits per heavy atom. The van der Waals surface area contributed by atoms with Gasteiger partial charge in [-0.15, -0.1) is 0 Å². The first-order chi connectivity index (χ1) is 3.95. The van der Waals surface area contributed by atoms with Crippen molar-refractivity contribution in [3.05, 3.63) is 12.7 Å². The van der Waals surface area contributed by atoms with Crippen LogP contribution in [0.4, 0.5) is 4.39 Å². The van der Waals surface area contributed by atoms with E-state index >= 15 is 0 Å².